The Kier molecular flexibility index (Phi) is 2.42. The summed E-state index contributed by atoms with van der Waals surface area (Å²) < 4.78 is 0. The molecule has 1 nitrogen and oxygen atoms in total. The Hall–Kier alpha value is -1.08. The monoisotopic (exact) mass is 187 g/mol. The van der Waals surface area contributed by atoms with Gasteiger partial charge in [-0.2, -0.15) is 0 Å². The number of benzene rings is 1. The van der Waals surface area contributed by atoms with Gasteiger partial charge in [-0.25, -0.2) is 0 Å². The van der Waals surface area contributed by atoms with Crippen LogP contribution in [0, 0.1) is 0 Å². The van der Waals surface area contributed by atoms with Crippen LogP contribution < -0.4 is 0 Å². The summed E-state index contributed by atoms with van der Waals surface area (Å²) in [6.07, 6.45) is 2.07. The first kappa shape index (κ1) is 9.47. The minimum atomic E-state index is 0.477. The van der Waals surface area contributed by atoms with Crippen LogP contribution in [0.3, 0.4) is 0 Å². The molecule has 0 saturated heterocycles. The van der Waals surface area contributed by atoms with Crippen molar-refractivity contribution in [3.8, 4) is 0 Å². The lowest BCUT2D eigenvalue weighted by molar-refractivity contribution is 0.215. The van der Waals surface area contributed by atoms with Crippen LogP contribution in [0.2, 0.25) is 0 Å². The average molecular weight is 187 g/mol. The Morgan fingerprint density at radius 2 is 2.14 bits per heavy atom. The van der Waals surface area contributed by atoms with E-state index in [-0.39, 0.29) is 0 Å². The van der Waals surface area contributed by atoms with Gasteiger partial charge >= 0.3 is 0 Å². The normalized spacial score (nSPS) is 27.0. The first-order valence-corrected chi connectivity index (χ1v) is 5.14. The van der Waals surface area contributed by atoms with Gasteiger partial charge in [0.1, 0.15) is 0 Å². The highest BCUT2D eigenvalue weighted by atomic mass is 15.1. The Bertz CT molecular complexity index is 343. The van der Waals surface area contributed by atoms with E-state index in [4.69, 9.17) is 0 Å². The fraction of sp³-hybridized carbons (Fsp3) is 0.385. The van der Waals surface area contributed by atoms with E-state index in [1.165, 1.54) is 11.1 Å². The van der Waals surface area contributed by atoms with E-state index >= 15 is 0 Å². The topological polar surface area (TPSA) is 3.24 Å². The summed E-state index contributed by atoms with van der Waals surface area (Å²) in [6.45, 7) is 7.26. The van der Waals surface area contributed by atoms with Crippen LogP contribution in [-0.4, -0.2) is 18.0 Å². The van der Waals surface area contributed by atoms with E-state index in [1.807, 2.05) is 0 Å². The van der Waals surface area contributed by atoms with Crippen LogP contribution in [0.15, 0.2) is 36.9 Å². The van der Waals surface area contributed by atoms with E-state index < -0.39 is 0 Å². The van der Waals surface area contributed by atoms with Crippen molar-refractivity contribution in [2.75, 3.05) is 7.05 Å². The summed E-state index contributed by atoms with van der Waals surface area (Å²) >= 11 is 0. The summed E-state index contributed by atoms with van der Waals surface area (Å²) in [5.41, 5.74) is 2.89. The molecule has 14 heavy (non-hydrogen) atoms. The molecule has 1 heterocycles. The number of likely N-dealkylation sites (N-methyl/N-ethyl adjacent to an activating group) is 1. The summed E-state index contributed by atoms with van der Waals surface area (Å²) in [5.74, 6) is 0.477. The third kappa shape index (κ3) is 1.38. The molecular weight excluding hydrogens is 170 g/mol. The molecule has 0 aliphatic carbocycles. The van der Waals surface area contributed by atoms with Gasteiger partial charge in [0, 0.05) is 18.5 Å². The van der Waals surface area contributed by atoms with Crippen LogP contribution in [-0.2, 0) is 6.54 Å². The van der Waals surface area contributed by atoms with E-state index in [0.717, 1.165) is 6.54 Å². The largest absolute Gasteiger partial charge is 0.299 e. The standard InChI is InChI=1S/C13H17N/c1-4-12-10(2)14(3)9-11-7-5-6-8-13(11)12/h4-8,10,12H,1,9H2,2-3H3/t10-,12+/m0/s1. The molecule has 0 radical (unpaired) electrons. The molecule has 0 fully saturated rings. The van der Waals surface area contributed by atoms with Gasteiger partial charge in [0.2, 0.25) is 0 Å². The second-order valence-electron chi connectivity index (χ2n) is 4.12. The SMILES string of the molecule is C=C[C@H]1c2ccccc2CN(C)[C@H]1C. The predicted octanol–water partition coefficient (Wildman–Crippen LogP) is 2.79. The molecule has 0 unspecified atom stereocenters. The fourth-order valence-corrected chi connectivity index (χ4v) is 2.27. The molecule has 0 saturated carbocycles. The molecule has 0 bridgehead atoms. The van der Waals surface area contributed by atoms with Crippen molar-refractivity contribution in [2.24, 2.45) is 0 Å². The van der Waals surface area contributed by atoms with Crippen molar-refractivity contribution in [1.82, 2.24) is 4.90 Å². The summed E-state index contributed by atoms with van der Waals surface area (Å²) in [4.78, 5) is 2.38. The van der Waals surface area contributed by atoms with Gasteiger partial charge < -0.3 is 0 Å². The van der Waals surface area contributed by atoms with Crippen LogP contribution in [0.1, 0.15) is 24.0 Å². The van der Waals surface area contributed by atoms with Crippen LogP contribution in [0.25, 0.3) is 0 Å². The maximum atomic E-state index is 3.94. The van der Waals surface area contributed by atoms with Crippen LogP contribution in [0.4, 0.5) is 0 Å². The summed E-state index contributed by atoms with van der Waals surface area (Å²) in [5, 5.41) is 0. The van der Waals surface area contributed by atoms with Crippen molar-refractivity contribution in [2.45, 2.75) is 25.4 Å². The molecule has 1 aliphatic rings. The summed E-state index contributed by atoms with van der Waals surface area (Å²) in [7, 11) is 2.18. The van der Waals surface area contributed by atoms with Crippen molar-refractivity contribution in [3.63, 3.8) is 0 Å². The lowest BCUT2D eigenvalue weighted by atomic mass is 9.84. The maximum absolute atomic E-state index is 3.94. The molecule has 1 heteroatoms. The van der Waals surface area contributed by atoms with Gasteiger partial charge in [-0.15, -0.1) is 6.58 Å². The quantitative estimate of drug-likeness (QED) is 0.611. The highest BCUT2D eigenvalue weighted by Gasteiger charge is 2.27. The van der Waals surface area contributed by atoms with Gasteiger partial charge in [-0.1, -0.05) is 30.3 Å². The molecular formula is C13H17N. The van der Waals surface area contributed by atoms with E-state index in [9.17, 15) is 0 Å². The van der Waals surface area contributed by atoms with Crippen molar-refractivity contribution in [3.05, 3.63) is 48.0 Å². The van der Waals surface area contributed by atoms with E-state index in [2.05, 4.69) is 55.8 Å². The second-order valence-corrected chi connectivity index (χ2v) is 4.12. The van der Waals surface area contributed by atoms with Gasteiger partial charge in [0.25, 0.3) is 0 Å². The molecule has 1 aliphatic heterocycles. The van der Waals surface area contributed by atoms with Crippen molar-refractivity contribution >= 4 is 0 Å². The third-order valence-electron chi connectivity index (χ3n) is 3.30. The molecule has 0 aromatic heterocycles. The van der Waals surface area contributed by atoms with Crippen LogP contribution in [0.5, 0.6) is 0 Å². The molecule has 0 N–H and O–H groups in total. The smallest absolute Gasteiger partial charge is 0.0236 e. The van der Waals surface area contributed by atoms with E-state index in [0.29, 0.717) is 12.0 Å². The van der Waals surface area contributed by atoms with Gasteiger partial charge in [0.05, 0.1) is 0 Å². The van der Waals surface area contributed by atoms with Crippen LogP contribution >= 0.6 is 0 Å². The molecule has 1 aromatic carbocycles. The Balaban J connectivity index is 2.47. The highest BCUT2D eigenvalue weighted by molar-refractivity contribution is 5.36. The Morgan fingerprint density at radius 3 is 2.86 bits per heavy atom. The molecule has 0 spiro atoms. The van der Waals surface area contributed by atoms with Gasteiger partial charge in [0.15, 0.2) is 0 Å². The van der Waals surface area contributed by atoms with Gasteiger partial charge in [-0.3, -0.25) is 4.90 Å². The lowest BCUT2D eigenvalue weighted by Gasteiger charge is -2.37. The first-order chi connectivity index (χ1) is 6.74. The minimum Gasteiger partial charge on any atom is -0.299 e. The molecule has 1 aromatic rings. The molecule has 2 rings (SSSR count). The zero-order chi connectivity index (χ0) is 10.1. The zero-order valence-electron chi connectivity index (χ0n) is 8.90. The van der Waals surface area contributed by atoms with Crippen molar-refractivity contribution < 1.29 is 0 Å². The molecule has 0 amide bonds. The number of rotatable bonds is 1. The number of nitrogens with zero attached hydrogens (tertiary/aromatic N) is 1. The number of hydrogen-bond acceptors (Lipinski definition) is 1. The van der Waals surface area contributed by atoms with Crippen molar-refractivity contribution in [1.29, 1.82) is 0 Å². The van der Waals surface area contributed by atoms with E-state index in [1.54, 1.807) is 0 Å². The second kappa shape index (κ2) is 3.58. The molecule has 2 atom stereocenters. The number of hydrogen-bond donors (Lipinski definition) is 0. The first-order valence-electron chi connectivity index (χ1n) is 5.14. The minimum absolute atomic E-state index is 0.477. The average Bonchev–Trinajstić information content (AvgIpc) is 2.20. The fourth-order valence-electron chi connectivity index (χ4n) is 2.27. The Labute approximate surface area is 86.1 Å². The lowest BCUT2D eigenvalue weighted by Crippen LogP contribution is -2.37. The predicted molar refractivity (Wildman–Crippen MR) is 60.3 cm³/mol. The third-order valence-corrected chi connectivity index (χ3v) is 3.30. The Morgan fingerprint density at radius 1 is 1.43 bits per heavy atom. The zero-order valence-corrected chi connectivity index (χ0v) is 8.90. The number of fused-ring (bicyclic) bond motifs is 1. The molecule has 74 valence electrons. The highest BCUT2D eigenvalue weighted by Crippen LogP contribution is 2.32. The van der Waals surface area contributed by atoms with Gasteiger partial charge in [-0.05, 0) is 25.1 Å². The maximum Gasteiger partial charge on any atom is 0.0236 e. The summed E-state index contributed by atoms with van der Waals surface area (Å²) in [6, 6.07) is 9.23.